The van der Waals surface area contributed by atoms with Gasteiger partial charge in [0.2, 0.25) is 0 Å². The molecule has 0 saturated carbocycles. The van der Waals surface area contributed by atoms with Crippen LogP contribution in [0.3, 0.4) is 0 Å². The predicted molar refractivity (Wildman–Crippen MR) is 93.9 cm³/mol. The highest BCUT2D eigenvalue weighted by atomic mass is 16.5. The number of carbonyl (C=O) groups excluding carboxylic acids is 2. The summed E-state index contributed by atoms with van der Waals surface area (Å²) in [7, 11) is 0. The van der Waals surface area contributed by atoms with E-state index in [1.54, 1.807) is 24.3 Å². The molecular formula is C19H26N2O4. The lowest BCUT2D eigenvalue weighted by Crippen LogP contribution is -2.45. The molecule has 0 spiro atoms. The topological polar surface area (TPSA) is 59.1 Å². The molecule has 1 amide bonds. The van der Waals surface area contributed by atoms with E-state index >= 15 is 0 Å². The second kappa shape index (κ2) is 8.97. The molecule has 0 N–H and O–H groups in total. The number of hydrogen-bond acceptors (Lipinski definition) is 5. The van der Waals surface area contributed by atoms with E-state index in [1.165, 1.54) is 0 Å². The zero-order valence-electron chi connectivity index (χ0n) is 14.6. The molecule has 0 radical (unpaired) electrons. The second-order valence-electron chi connectivity index (χ2n) is 6.71. The van der Waals surface area contributed by atoms with Crippen LogP contribution in [-0.2, 0) is 9.53 Å². The Morgan fingerprint density at radius 3 is 2.44 bits per heavy atom. The van der Waals surface area contributed by atoms with E-state index in [2.05, 4.69) is 4.90 Å². The van der Waals surface area contributed by atoms with Crippen LogP contribution in [-0.4, -0.2) is 74.5 Å². The number of amides is 1. The third-order valence-electron chi connectivity index (χ3n) is 4.97. The third-order valence-corrected chi connectivity index (χ3v) is 4.97. The fourth-order valence-corrected chi connectivity index (χ4v) is 3.39. The standard InChI is InChI=1S/C19H26N2O4/c22-14-17-1-3-18(4-2-17)25-15-19(23)21-7-5-16(6-8-21)13-20-9-11-24-12-10-20/h1-4,14,16H,5-13,15H2. The zero-order valence-corrected chi connectivity index (χ0v) is 14.6. The van der Waals surface area contributed by atoms with Crippen LogP contribution < -0.4 is 4.74 Å². The first-order chi connectivity index (χ1) is 12.2. The van der Waals surface area contributed by atoms with Crippen LogP contribution >= 0.6 is 0 Å². The van der Waals surface area contributed by atoms with Crippen LogP contribution in [0.25, 0.3) is 0 Å². The molecule has 2 aliphatic heterocycles. The fraction of sp³-hybridized carbons (Fsp3) is 0.579. The van der Waals surface area contributed by atoms with E-state index < -0.39 is 0 Å². The monoisotopic (exact) mass is 346 g/mol. The molecule has 3 rings (SSSR count). The molecule has 6 heteroatoms. The number of likely N-dealkylation sites (tertiary alicyclic amines) is 1. The number of benzene rings is 1. The van der Waals surface area contributed by atoms with Gasteiger partial charge in [0.1, 0.15) is 12.0 Å². The third kappa shape index (κ3) is 5.28. The van der Waals surface area contributed by atoms with E-state index in [-0.39, 0.29) is 12.5 Å². The summed E-state index contributed by atoms with van der Waals surface area (Å²) >= 11 is 0. The number of morpholine rings is 1. The number of carbonyl (C=O) groups is 2. The fourth-order valence-electron chi connectivity index (χ4n) is 3.39. The van der Waals surface area contributed by atoms with Gasteiger partial charge in [-0.15, -0.1) is 0 Å². The van der Waals surface area contributed by atoms with Crippen molar-refractivity contribution in [2.75, 3.05) is 52.5 Å². The van der Waals surface area contributed by atoms with Crippen molar-refractivity contribution >= 4 is 12.2 Å². The Balaban J connectivity index is 1.38. The Kier molecular flexibility index (Phi) is 6.42. The van der Waals surface area contributed by atoms with E-state index in [0.717, 1.165) is 65.1 Å². The summed E-state index contributed by atoms with van der Waals surface area (Å²) in [6.45, 7) is 6.50. The van der Waals surface area contributed by atoms with Crippen LogP contribution in [0.4, 0.5) is 0 Å². The average molecular weight is 346 g/mol. The van der Waals surface area contributed by atoms with Crippen molar-refractivity contribution in [1.29, 1.82) is 0 Å². The minimum atomic E-state index is 0.0317. The quantitative estimate of drug-likeness (QED) is 0.730. The van der Waals surface area contributed by atoms with Gasteiger partial charge in [0.05, 0.1) is 13.2 Å². The molecular weight excluding hydrogens is 320 g/mol. The lowest BCUT2D eigenvalue weighted by molar-refractivity contribution is -0.134. The molecule has 0 aromatic heterocycles. The van der Waals surface area contributed by atoms with Gasteiger partial charge in [-0.3, -0.25) is 14.5 Å². The summed E-state index contributed by atoms with van der Waals surface area (Å²) < 4.78 is 10.9. The Hall–Kier alpha value is -1.92. The van der Waals surface area contributed by atoms with Gasteiger partial charge in [-0.2, -0.15) is 0 Å². The Labute approximate surface area is 148 Å². The van der Waals surface area contributed by atoms with Crippen molar-refractivity contribution in [3.05, 3.63) is 29.8 Å². The van der Waals surface area contributed by atoms with E-state index in [4.69, 9.17) is 9.47 Å². The Morgan fingerprint density at radius 1 is 1.12 bits per heavy atom. The van der Waals surface area contributed by atoms with Gasteiger partial charge < -0.3 is 14.4 Å². The average Bonchev–Trinajstić information content (AvgIpc) is 2.68. The SMILES string of the molecule is O=Cc1ccc(OCC(=O)N2CCC(CN3CCOCC3)CC2)cc1. The van der Waals surface area contributed by atoms with Crippen LogP contribution in [0.5, 0.6) is 5.75 Å². The van der Waals surface area contributed by atoms with Gasteiger partial charge in [0.15, 0.2) is 6.61 Å². The van der Waals surface area contributed by atoms with Gasteiger partial charge in [-0.1, -0.05) is 0 Å². The number of hydrogen-bond donors (Lipinski definition) is 0. The summed E-state index contributed by atoms with van der Waals surface area (Å²) in [5.74, 6) is 1.31. The molecule has 2 fully saturated rings. The summed E-state index contributed by atoms with van der Waals surface area (Å²) in [5, 5.41) is 0. The molecule has 1 aromatic rings. The van der Waals surface area contributed by atoms with Gasteiger partial charge in [-0.25, -0.2) is 0 Å². The van der Waals surface area contributed by atoms with Crippen LogP contribution in [0, 0.1) is 5.92 Å². The minimum Gasteiger partial charge on any atom is -0.484 e. The number of rotatable bonds is 6. The predicted octanol–water partition coefficient (Wildman–Crippen LogP) is 1.45. The highest BCUT2D eigenvalue weighted by molar-refractivity contribution is 5.78. The largest absolute Gasteiger partial charge is 0.484 e. The summed E-state index contributed by atoms with van der Waals surface area (Å²) in [5.41, 5.74) is 0.598. The lowest BCUT2D eigenvalue weighted by Gasteiger charge is -2.36. The second-order valence-corrected chi connectivity index (χ2v) is 6.71. The summed E-state index contributed by atoms with van der Waals surface area (Å²) in [4.78, 5) is 27.3. The molecule has 0 aliphatic carbocycles. The maximum Gasteiger partial charge on any atom is 0.260 e. The van der Waals surface area contributed by atoms with Gasteiger partial charge in [-0.05, 0) is 43.0 Å². The molecule has 6 nitrogen and oxygen atoms in total. The maximum absolute atomic E-state index is 12.3. The van der Waals surface area contributed by atoms with Crippen molar-refractivity contribution in [1.82, 2.24) is 9.80 Å². The Morgan fingerprint density at radius 2 is 1.80 bits per heavy atom. The smallest absolute Gasteiger partial charge is 0.260 e. The highest BCUT2D eigenvalue weighted by Crippen LogP contribution is 2.19. The van der Waals surface area contributed by atoms with Crippen molar-refractivity contribution < 1.29 is 19.1 Å². The number of aldehydes is 1. The van der Waals surface area contributed by atoms with Gasteiger partial charge in [0.25, 0.3) is 5.91 Å². The molecule has 2 saturated heterocycles. The molecule has 0 bridgehead atoms. The van der Waals surface area contributed by atoms with E-state index in [1.807, 2.05) is 4.90 Å². The molecule has 0 atom stereocenters. The normalized spacial score (nSPS) is 19.6. The zero-order chi connectivity index (χ0) is 17.5. The summed E-state index contributed by atoms with van der Waals surface area (Å²) in [6.07, 6.45) is 2.89. The van der Waals surface area contributed by atoms with Crippen molar-refractivity contribution in [3.63, 3.8) is 0 Å². The molecule has 25 heavy (non-hydrogen) atoms. The van der Waals surface area contributed by atoms with Crippen LogP contribution in [0.2, 0.25) is 0 Å². The van der Waals surface area contributed by atoms with Gasteiger partial charge >= 0.3 is 0 Å². The first kappa shape index (κ1) is 17.9. The number of piperidine rings is 1. The first-order valence-corrected chi connectivity index (χ1v) is 9.00. The molecule has 2 heterocycles. The first-order valence-electron chi connectivity index (χ1n) is 9.00. The molecule has 1 aromatic carbocycles. The number of nitrogens with zero attached hydrogens (tertiary/aromatic N) is 2. The molecule has 2 aliphatic rings. The van der Waals surface area contributed by atoms with Crippen LogP contribution in [0.15, 0.2) is 24.3 Å². The van der Waals surface area contributed by atoms with Gasteiger partial charge in [0, 0.05) is 38.3 Å². The lowest BCUT2D eigenvalue weighted by atomic mass is 9.96. The van der Waals surface area contributed by atoms with Crippen LogP contribution in [0.1, 0.15) is 23.2 Å². The number of ether oxygens (including phenoxy) is 2. The van der Waals surface area contributed by atoms with Crippen molar-refractivity contribution in [2.24, 2.45) is 5.92 Å². The van der Waals surface area contributed by atoms with E-state index in [0.29, 0.717) is 17.2 Å². The maximum atomic E-state index is 12.3. The Bertz CT molecular complexity index is 561. The van der Waals surface area contributed by atoms with Crippen molar-refractivity contribution in [3.8, 4) is 5.75 Å². The summed E-state index contributed by atoms with van der Waals surface area (Å²) in [6, 6.07) is 6.80. The molecule has 136 valence electrons. The van der Waals surface area contributed by atoms with Crippen molar-refractivity contribution in [2.45, 2.75) is 12.8 Å². The molecule has 0 unspecified atom stereocenters. The minimum absolute atomic E-state index is 0.0317. The van der Waals surface area contributed by atoms with E-state index in [9.17, 15) is 9.59 Å². The highest BCUT2D eigenvalue weighted by Gasteiger charge is 2.25.